The van der Waals surface area contributed by atoms with Gasteiger partial charge in [0.15, 0.2) is 0 Å². The molecule has 0 aromatic heterocycles. The summed E-state index contributed by atoms with van der Waals surface area (Å²) in [7, 11) is 0. The summed E-state index contributed by atoms with van der Waals surface area (Å²) in [5.41, 5.74) is 2.91. The van der Waals surface area contributed by atoms with Crippen molar-refractivity contribution >= 4 is 0 Å². The number of aryl methyl sites for hydroxylation is 2. The van der Waals surface area contributed by atoms with E-state index in [1.807, 2.05) is 0 Å². The minimum atomic E-state index is 0.430. The summed E-state index contributed by atoms with van der Waals surface area (Å²) in [5, 5.41) is 0. The van der Waals surface area contributed by atoms with Crippen molar-refractivity contribution in [2.45, 2.75) is 90.3 Å². The summed E-state index contributed by atoms with van der Waals surface area (Å²) < 4.78 is 6.45. The van der Waals surface area contributed by atoms with Crippen molar-refractivity contribution in [3.05, 3.63) is 71.8 Å². The molecule has 0 aliphatic heterocycles. The van der Waals surface area contributed by atoms with Crippen LogP contribution in [-0.4, -0.2) is 12.2 Å². The molecule has 0 bridgehead atoms. The van der Waals surface area contributed by atoms with E-state index in [4.69, 9.17) is 4.74 Å². The molecule has 0 saturated carbocycles. The molecule has 0 spiro atoms. The van der Waals surface area contributed by atoms with Crippen molar-refractivity contribution in [3.63, 3.8) is 0 Å². The van der Waals surface area contributed by atoms with E-state index >= 15 is 0 Å². The van der Waals surface area contributed by atoms with Crippen molar-refractivity contribution in [2.24, 2.45) is 0 Å². The molecule has 0 aliphatic carbocycles. The van der Waals surface area contributed by atoms with Crippen molar-refractivity contribution in [1.29, 1.82) is 0 Å². The first-order valence-electron chi connectivity index (χ1n) is 11.0. The average Bonchev–Trinajstić information content (AvgIpc) is 2.73. The van der Waals surface area contributed by atoms with Gasteiger partial charge in [0.05, 0.1) is 12.2 Å². The lowest BCUT2D eigenvalue weighted by molar-refractivity contribution is -0.0256. The molecule has 2 aromatic carbocycles. The fourth-order valence-corrected chi connectivity index (χ4v) is 3.70. The normalized spacial score (nSPS) is 13.4. The Morgan fingerprint density at radius 1 is 0.593 bits per heavy atom. The Hall–Kier alpha value is -1.60. The third-order valence-electron chi connectivity index (χ3n) is 5.46. The van der Waals surface area contributed by atoms with E-state index in [0.717, 1.165) is 12.8 Å². The summed E-state index contributed by atoms with van der Waals surface area (Å²) >= 11 is 0. The molecule has 2 aromatic rings. The van der Waals surface area contributed by atoms with Crippen LogP contribution in [0, 0.1) is 0 Å². The fourth-order valence-electron chi connectivity index (χ4n) is 3.70. The maximum absolute atomic E-state index is 6.45. The molecule has 1 heteroatoms. The number of unbranched alkanes of at least 4 members (excludes halogenated alkanes) is 2. The Morgan fingerprint density at radius 3 is 1.37 bits per heavy atom. The number of ether oxygens (including phenoxy) is 1. The Kier molecular flexibility index (Phi) is 10.9. The molecule has 0 fully saturated rings. The van der Waals surface area contributed by atoms with Gasteiger partial charge in [0, 0.05) is 0 Å². The van der Waals surface area contributed by atoms with Gasteiger partial charge in [-0.1, -0.05) is 87.4 Å². The first-order valence-corrected chi connectivity index (χ1v) is 11.0. The highest BCUT2D eigenvalue weighted by atomic mass is 16.5. The van der Waals surface area contributed by atoms with Crippen molar-refractivity contribution in [2.75, 3.05) is 0 Å². The Bertz CT molecular complexity index is 524. The van der Waals surface area contributed by atoms with Crippen LogP contribution in [0.15, 0.2) is 60.7 Å². The van der Waals surface area contributed by atoms with Crippen molar-refractivity contribution in [3.8, 4) is 0 Å². The molecule has 148 valence electrons. The Labute approximate surface area is 167 Å². The molecule has 2 atom stereocenters. The summed E-state index contributed by atoms with van der Waals surface area (Å²) in [4.78, 5) is 0. The fraction of sp³-hybridized carbons (Fsp3) is 0.538. The molecular weight excluding hydrogens is 328 g/mol. The second-order valence-corrected chi connectivity index (χ2v) is 7.66. The standard InChI is InChI=1S/C26H38O/c1-3-25(21-13-11-19-23-15-7-5-8-16-23)27-26(4-2)22-14-12-20-24-17-9-6-10-18-24/h5-10,15-18,25-26H,3-4,11-14,19-22H2,1-2H3. The predicted octanol–water partition coefficient (Wildman–Crippen LogP) is 7.39. The molecule has 0 saturated heterocycles. The van der Waals surface area contributed by atoms with Crippen LogP contribution in [0.4, 0.5) is 0 Å². The van der Waals surface area contributed by atoms with Gasteiger partial charge in [0.2, 0.25) is 0 Å². The lowest BCUT2D eigenvalue weighted by atomic mass is 10.0. The zero-order valence-electron chi connectivity index (χ0n) is 17.4. The van der Waals surface area contributed by atoms with Crippen LogP contribution in [0.5, 0.6) is 0 Å². The monoisotopic (exact) mass is 366 g/mol. The van der Waals surface area contributed by atoms with Crippen LogP contribution in [0.1, 0.15) is 76.3 Å². The molecule has 0 N–H and O–H groups in total. The van der Waals surface area contributed by atoms with Gasteiger partial charge in [-0.2, -0.15) is 0 Å². The highest BCUT2D eigenvalue weighted by Crippen LogP contribution is 2.18. The van der Waals surface area contributed by atoms with E-state index in [-0.39, 0.29) is 0 Å². The minimum Gasteiger partial charge on any atom is -0.375 e. The quantitative estimate of drug-likeness (QED) is 0.317. The molecule has 0 radical (unpaired) electrons. The maximum atomic E-state index is 6.45. The van der Waals surface area contributed by atoms with Gasteiger partial charge in [0.25, 0.3) is 0 Å². The summed E-state index contributed by atoms with van der Waals surface area (Å²) in [6, 6.07) is 21.7. The van der Waals surface area contributed by atoms with Gasteiger partial charge in [-0.25, -0.2) is 0 Å². The third-order valence-corrected chi connectivity index (χ3v) is 5.46. The van der Waals surface area contributed by atoms with Gasteiger partial charge in [-0.05, 0) is 62.5 Å². The van der Waals surface area contributed by atoms with E-state index < -0.39 is 0 Å². The molecule has 2 unspecified atom stereocenters. The second-order valence-electron chi connectivity index (χ2n) is 7.66. The zero-order valence-corrected chi connectivity index (χ0v) is 17.4. The Balaban J connectivity index is 1.60. The largest absolute Gasteiger partial charge is 0.375 e. The molecule has 0 heterocycles. The van der Waals surface area contributed by atoms with Crippen LogP contribution in [0.2, 0.25) is 0 Å². The lowest BCUT2D eigenvalue weighted by Crippen LogP contribution is -2.21. The maximum Gasteiger partial charge on any atom is 0.0576 e. The van der Waals surface area contributed by atoms with E-state index in [9.17, 15) is 0 Å². The Morgan fingerprint density at radius 2 is 1.00 bits per heavy atom. The smallest absolute Gasteiger partial charge is 0.0576 e. The number of benzene rings is 2. The predicted molar refractivity (Wildman–Crippen MR) is 117 cm³/mol. The van der Waals surface area contributed by atoms with Crippen molar-refractivity contribution < 1.29 is 4.74 Å². The first-order chi connectivity index (χ1) is 13.3. The van der Waals surface area contributed by atoms with E-state index in [0.29, 0.717) is 12.2 Å². The van der Waals surface area contributed by atoms with Gasteiger partial charge in [-0.3, -0.25) is 0 Å². The molecular formula is C26H38O. The number of rotatable bonds is 14. The minimum absolute atomic E-state index is 0.430. The van der Waals surface area contributed by atoms with Gasteiger partial charge < -0.3 is 4.74 Å². The van der Waals surface area contributed by atoms with E-state index in [2.05, 4.69) is 74.5 Å². The number of hydrogen-bond donors (Lipinski definition) is 0. The molecule has 1 nitrogen and oxygen atoms in total. The summed E-state index contributed by atoms with van der Waals surface area (Å²) in [6.45, 7) is 4.54. The van der Waals surface area contributed by atoms with Gasteiger partial charge >= 0.3 is 0 Å². The van der Waals surface area contributed by atoms with Crippen LogP contribution < -0.4 is 0 Å². The average molecular weight is 367 g/mol. The van der Waals surface area contributed by atoms with Crippen LogP contribution in [0.25, 0.3) is 0 Å². The van der Waals surface area contributed by atoms with Gasteiger partial charge in [-0.15, -0.1) is 0 Å². The SMILES string of the molecule is CCC(CCCCc1ccccc1)OC(CC)CCCCc1ccccc1. The van der Waals surface area contributed by atoms with Gasteiger partial charge in [0.1, 0.15) is 0 Å². The highest BCUT2D eigenvalue weighted by molar-refractivity contribution is 5.15. The van der Waals surface area contributed by atoms with Crippen LogP contribution in [-0.2, 0) is 17.6 Å². The summed E-state index contributed by atoms with van der Waals surface area (Å²) in [6.07, 6.45) is 12.9. The zero-order chi connectivity index (χ0) is 19.2. The van der Waals surface area contributed by atoms with Crippen LogP contribution >= 0.6 is 0 Å². The van der Waals surface area contributed by atoms with Crippen molar-refractivity contribution in [1.82, 2.24) is 0 Å². The molecule has 27 heavy (non-hydrogen) atoms. The van der Waals surface area contributed by atoms with E-state index in [1.54, 1.807) is 0 Å². The highest BCUT2D eigenvalue weighted by Gasteiger charge is 2.13. The molecule has 2 rings (SSSR count). The lowest BCUT2D eigenvalue weighted by Gasteiger charge is -2.23. The first kappa shape index (κ1) is 21.7. The molecule has 0 aliphatic rings. The van der Waals surface area contributed by atoms with Crippen LogP contribution in [0.3, 0.4) is 0 Å². The van der Waals surface area contributed by atoms with E-state index in [1.165, 1.54) is 62.5 Å². The third kappa shape index (κ3) is 9.24. The topological polar surface area (TPSA) is 9.23 Å². The number of hydrogen-bond acceptors (Lipinski definition) is 1. The second kappa shape index (κ2) is 13.6. The summed E-state index contributed by atoms with van der Waals surface area (Å²) in [5.74, 6) is 0. The molecule has 0 amide bonds.